The predicted molar refractivity (Wildman–Crippen MR) is 104 cm³/mol. The van der Waals surface area contributed by atoms with Gasteiger partial charge in [-0.1, -0.05) is 32.0 Å². The number of benzene rings is 1. The average molecular weight is 398 g/mol. The number of halogens is 1. The van der Waals surface area contributed by atoms with Crippen molar-refractivity contribution < 1.29 is 24.2 Å². The van der Waals surface area contributed by atoms with Crippen molar-refractivity contribution in [1.29, 1.82) is 0 Å². The molecule has 1 aromatic rings. The van der Waals surface area contributed by atoms with Crippen LogP contribution in [0.5, 0.6) is 0 Å². The van der Waals surface area contributed by atoms with Gasteiger partial charge in [0.25, 0.3) is 0 Å². The minimum absolute atomic E-state index is 0.378. The summed E-state index contributed by atoms with van der Waals surface area (Å²) < 4.78 is 14.0. The van der Waals surface area contributed by atoms with Crippen LogP contribution in [0.2, 0.25) is 0 Å². The van der Waals surface area contributed by atoms with Crippen LogP contribution in [-0.4, -0.2) is 47.2 Å². The summed E-state index contributed by atoms with van der Waals surface area (Å²) in [7, 11) is 0. The van der Waals surface area contributed by atoms with Crippen molar-refractivity contribution in [3.05, 3.63) is 29.8 Å². The first kappa shape index (κ1) is 21.7. The second-order valence-corrected chi connectivity index (χ2v) is 8.60. The normalized spacial score (nSPS) is 33.8. The number of carboxylic acids is 2. The molecule has 7 heteroatoms. The Morgan fingerprint density at radius 3 is 2.30 bits per heavy atom. The molecule has 5 nitrogen and oxygen atoms in total. The smallest absolute Gasteiger partial charge is 0.312 e. The lowest BCUT2D eigenvalue weighted by Gasteiger charge is -2.58. The number of carboxylic acid groups (broad SMARTS) is 2. The molecule has 1 saturated heterocycles. The molecule has 27 heavy (non-hydrogen) atoms. The Bertz CT molecular complexity index is 728. The number of nitrogens with one attached hydrogen (secondary N) is 1. The van der Waals surface area contributed by atoms with Gasteiger partial charge >= 0.3 is 11.9 Å². The monoisotopic (exact) mass is 397 g/mol. The minimum Gasteiger partial charge on any atom is -0.481 e. The fourth-order valence-electron chi connectivity index (χ4n) is 4.91. The molecule has 0 spiro atoms. The van der Waals surface area contributed by atoms with E-state index in [1.165, 1.54) is 18.7 Å². The lowest BCUT2D eigenvalue weighted by atomic mass is 9.49. The first-order valence-corrected chi connectivity index (χ1v) is 10.2. The van der Waals surface area contributed by atoms with Crippen molar-refractivity contribution in [3.8, 4) is 0 Å². The number of hydrogen-bond donors (Lipinski definition) is 3. The molecule has 0 amide bonds. The van der Waals surface area contributed by atoms with Crippen molar-refractivity contribution in [3.63, 3.8) is 0 Å². The Hall–Kier alpha value is -1.60. The van der Waals surface area contributed by atoms with Crippen LogP contribution in [0.25, 0.3) is 0 Å². The van der Waals surface area contributed by atoms with Gasteiger partial charge in [-0.2, -0.15) is 0 Å². The summed E-state index contributed by atoms with van der Waals surface area (Å²) in [6, 6.07) is 5.65. The Kier molecular flexibility index (Phi) is 6.26. The van der Waals surface area contributed by atoms with Gasteiger partial charge in [0.2, 0.25) is 0 Å². The number of thioether (sulfide) groups is 1. The van der Waals surface area contributed by atoms with Gasteiger partial charge in [-0.25, -0.2) is 4.39 Å². The molecule has 1 aromatic carbocycles. The summed E-state index contributed by atoms with van der Waals surface area (Å²) in [5, 5.41) is 23.5. The third-order valence-electron chi connectivity index (χ3n) is 6.36. The topological polar surface area (TPSA) is 86.6 Å². The van der Waals surface area contributed by atoms with Crippen molar-refractivity contribution in [1.82, 2.24) is 5.32 Å². The number of piperidine rings is 1. The summed E-state index contributed by atoms with van der Waals surface area (Å²) in [5.74, 6) is -3.54. The van der Waals surface area contributed by atoms with Crippen molar-refractivity contribution >= 4 is 23.7 Å². The van der Waals surface area contributed by atoms with E-state index < -0.39 is 47.4 Å². The lowest BCUT2D eigenvalue weighted by molar-refractivity contribution is -0.176. The molecule has 1 aliphatic rings. The zero-order chi connectivity index (χ0) is 20.6. The first-order valence-electron chi connectivity index (χ1n) is 9.01. The van der Waals surface area contributed by atoms with Crippen LogP contribution < -0.4 is 5.32 Å². The summed E-state index contributed by atoms with van der Waals surface area (Å²) in [5.41, 5.74) is -2.39. The fourth-order valence-corrected chi connectivity index (χ4v) is 5.55. The van der Waals surface area contributed by atoms with E-state index in [-0.39, 0.29) is 5.92 Å². The SMILES string of the molecule is CSc1ccccc1C1C(C)(C(=O)O)C(CF)NC(C)C1(C(=O)O)C(C)C. The van der Waals surface area contributed by atoms with Crippen LogP contribution in [-0.2, 0) is 9.59 Å². The van der Waals surface area contributed by atoms with E-state index in [1.54, 1.807) is 32.9 Å². The van der Waals surface area contributed by atoms with E-state index in [1.807, 2.05) is 18.4 Å². The van der Waals surface area contributed by atoms with Gasteiger partial charge in [0.15, 0.2) is 0 Å². The highest BCUT2D eigenvalue weighted by Gasteiger charge is 2.67. The maximum Gasteiger partial charge on any atom is 0.312 e. The molecular weight excluding hydrogens is 369 g/mol. The lowest BCUT2D eigenvalue weighted by Crippen LogP contribution is -2.71. The summed E-state index contributed by atoms with van der Waals surface area (Å²) >= 11 is 1.44. The standard InChI is InChI=1S/C20H28FNO4S/c1-11(2)20(18(25)26)12(3)22-15(10-21)19(4,17(23)24)16(20)13-8-6-7-9-14(13)27-5/h6-9,11-12,15-16,22H,10H2,1-5H3,(H,23,24)(H,25,26). The van der Waals surface area contributed by atoms with E-state index in [0.717, 1.165) is 4.90 Å². The van der Waals surface area contributed by atoms with Crippen LogP contribution in [0.15, 0.2) is 29.2 Å². The first-order chi connectivity index (χ1) is 12.6. The van der Waals surface area contributed by atoms with Gasteiger partial charge in [0, 0.05) is 16.9 Å². The van der Waals surface area contributed by atoms with E-state index >= 15 is 0 Å². The van der Waals surface area contributed by atoms with Crippen molar-refractivity contribution in [2.45, 2.75) is 50.6 Å². The Labute approximate surface area is 163 Å². The zero-order valence-electron chi connectivity index (χ0n) is 16.3. The van der Waals surface area contributed by atoms with Crippen LogP contribution in [0.4, 0.5) is 4.39 Å². The van der Waals surface area contributed by atoms with E-state index in [9.17, 15) is 24.2 Å². The van der Waals surface area contributed by atoms with Crippen LogP contribution in [0.1, 0.15) is 39.2 Å². The number of rotatable bonds is 6. The third-order valence-corrected chi connectivity index (χ3v) is 7.17. The molecule has 0 aromatic heterocycles. The van der Waals surface area contributed by atoms with Gasteiger partial charge in [-0.05, 0) is 37.7 Å². The van der Waals surface area contributed by atoms with Crippen LogP contribution in [0, 0.1) is 16.7 Å². The summed E-state index contributed by atoms with van der Waals surface area (Å²) in [6.07, 6.45) is 1.87. The van der Waals surface area contributed by atoms with Gasteiger partial charge < -0.3 is 15.5 Å². The average Bonchev–Trinajstić information content (AvgIpc) is 2.61. The van der Waals surface area contributed by atoms with E-state index in [0.29, 0.717) is 5.56 Å². The van der Waals surface area contributed by atoms with Gasteiger partial charge in [0.1, 0.15) is 6.67 Å². The summed E-state index contributed by atoms with van der Waals surface area (Å²) in [6.45, 7) is 5.88. The second-order valence-electron chi connectivity index (χ2n) is 7.75. The van der Waals surface area contributed by atoms with E-state index in [4.69, 9.17) is 0 Å². The maximum absolute atomic E-state index is 14.0. The largest absolute Gasteiger partial charge is 0.481 e. The molecule has 0 radical (unpaired) electrons. The molecule has 0 aliphatic carbocycles. The molecule has 150 valence electrons. The molecule has 5 atom stereocenters. The highest BCUT2D eigenvalue weighted by molar-refractivity contribution is 7.98. The molecule has 1 heterocycles. The number of carbonyl (C=O) groups is 2. The predicted octanol–water partition coefficient (Wildman–Crippen LogP) is 3.64. The third kappa shape index (κ3) is 3.05. The van der Waals surface area contributed by atoms with Crippen LogP contribution in [0.3, 0.4) is 0 Å². The Balaban J connectivity index is 2.95. The van der Waals surface area contributed by atoms with Gasteiger partial charge in [0.05, 0.1) is 16.9 Å². The molecule has 2 rings (SSSR count). The highest BCUT2D eigenvalue weighted by atomic mass is 32.2. The van der Waals surface area contributed by atoms with Crippen LogP contribution >= 0.6 is 11.8 Å². The second kappa shape index (κ2) is 7.80. The molecule has 0 bridgehead atoms. The zero-order valence-corrected chi connectivity index (χ0v) is 17.1. The highest BCUT2D eigenvalue weighted by Crippen LogP contribution is 2.59. The van der Waals surface area contributed by atoms with Crippen molar-refractivity contribution in [2.24, 2.45) is 16.7 Å². The van der Waals surface area contributed by atoms with E-state index in [2.05, 4.69) is 5.32 Å². The van der Waals surface area contributed by atoms with Gasteiger partial charge in [-0.15, -0.1) is 11.8 Å². The molecule has 5 unspecified atom stereocenters. The fraction of sp³-hybridized carbons (Fsp3) is 0.600. The number of aliphatic carboxylic acids is 2. The number of alkyl halides is 1. The Morgan fingerprint density at radius 1 is 1.26 bits per heavy atom. The molecule has 0 saturated carbocycles. The molecular formula is C20H28FNO4S. The maximum atomic E-state index is 14.0. The molecule has 3 N–H and O–H groups in total. The number of hydrogen-bond acceptors (Lipinski definition) is 4. The Morgan fingerprint density at radius 2 is 1.85 bits per heavy atom. The van der Waals surface area contributed by atoms with Crippen molar-refractivity contribution in [2.75, 3.05) is 12.9 Å². The minimum atomic E-state index is -1.63. The van der Waals surface area contributed by atoms with Gasteiger partial charge in [-0.3, -0.25) is 9.59 Å². The summed E-state index contributed by atoms with van der Waals surface area (Å²) in [4.78, 5) is 26.0. The molecule has 1 aliphatic heterocycles. The molecule has 1 fully saturated rings. The quantitative estimate of drug-likeness (QED) is 0.636.